The highest BCUT2D eigenvalue weighted by Gasteiger charge is 2.08. The number of aliphatic hydroxyl groups is 2. The van der Waals surface area contributed by atoms with Crippen molar-refractivity contribution in [3.05, 3.63) is 11.9 Å². The SMILES string of the molecule is CC(C)c1nc(NN)cc(NCC(O)CO)n1. The summed E-state index contributed by atoms with van der Waals surface area (Å²) < 4.78 is 0. The molecule has 0 aliphatic rings. The molecule has 0 aliphatic heterocycles. The standard InChI is InChI=1S/C10H19N5O2/c1-6(2)10-13-8(3-9(14-10)15-11)12-4-7(17)5-16/h3,6-7,16-17H,4-5,11H2,1-2H3,(H2,12,13,14,15). The second-order valence-electron chi connectivity index (χ2n) is 4.01. The Labute approximate surface area is 100 Å². The smallest absolute Gasteiger partial charge is 0.145 e. The van der Waals surface area contributed by atoms with E-state index in [-0.39, 0.29) is 19.1 Å². The number of nitrogens with zero attached hydrogens (tertiary/aromatic N) is 2. The first kappa shape index (κ1) is 13.6. The molecule has 96 valence electrons. The lowest BCUT2D eigenvalue weighted by molar-refractivity contribution is 0.105. The third-order valence-electron chi connectivity index (χ3n) is 2.14. The summed E-state index contributed by atoms with van der Waals surface area (Å²) in [6.45, 7) is 3.87. The van der Waals surface area contributed by atoms with Crippen molar-refractivity contribution in [2.75, 3.05) is 23.9 Å². The third kappa shape index (κ3) is 4.14. The summed E-state index contributed by atoms with van der Waals surface area (Å²) in [5.41, 5.74) is 2.46. The number of hydrazine groups is 1. The largest absolute Gasteiger partial charge is 0.394 e. The Morgan fingerprint density at radius 1 is 1.35 bits per heavy atom. The molecule has 7 nitrogen and oxygen atoms in total. The number of aliphatic hydroxyl groups excluding tert-OH is 2. The van der Waals surface area contributed by atoms with Gasteiger partial charge >= 0.3 is 0 Å². The van der Waals surface area contributed by atoms with Crippen LogP contribution in [0.25, 0.3) is 0 Å². The molecule has 1 aromatic heterocycles. The van der Waals surface area contributed by atoms with Crippen LogP contribution in [-0.2, 0) is 0 Å². The van der Waals surface area contributed by atoms with Crippen molar-refractivity contribution in [2.45, 2.75) is 25.9 Å². The number of anilines is 2. The molecule has 0 amide bonds. The van der Waals surface area contributed by atoms with Crippen molar-refractivity contribution >= 4 is 11.6 Å². The molecule has 1 unspecified atom stereocenters. The zero-order valence-corrected chi connectivity index (χ0v) is 10.0. The fourth-order valence-corrected chi connectivity index (χ4v) is 1.18. The van der Waals surface area contributed by atoms with E-state index < -0.39 is 6.10 Å². The summed E-state index contributed by atoms with van der Waals surface area (Å²) in [5.74, 6) is 7.20. The molecule has 0 fully saturated rings. The quantitative estimate of drug-likeness (QED) is 0.341. The van der Waals surface area contributed by atoms with E-state index in [2.05, 4.69) is 20.7 Å². The van der Waals surface area contributed by atoms with Crippen LogP contribution in [0.5, 0.6) is 0 Å². The molecule has 0 aromatic carbocycles. The minimum atomic E-state index is -0.818. The normalized spacial score (nSPS) is 12.6. The van der Waals surface area contributed by atoms with Crippen molar-refractivity contribution in [3.63, 3.8) is 0 Å². The first-order chi connectivity index (χ1) is 8.06. The molecule has 0 bridgehead atoms. The molecule has 1 heterocycles. The van der Waals surface area contributed by atoms with Gasteiger partial charge in [0.25, 0.3) is 0 Å². The topological polar surface area (TPSA) is 116 Å². The van der Waals surface area contributed by atoms with Gasteiger partial charge in [-0.2, -0.15) is 0 Å². The molecule has 7 heteroatoms. The Kier molecular flexibility index (Phi) is 5.08. The number of rotatable bonds is 6. The predicted octanol–water partition coefficient (Wildman–Crippen LogP) is -0.349. The van der Waals surface area contributed by atoms with Crippen molar-refractivity contribution in [3.8, 4) is 0 Å². The van der Waals surface area contributed by atoms with Gasteiger partial charge in [-0.1, -0.05) is 13.8 Å². The van der Waals surface area contributed by atoms with Crippen molar-refractivity contribution in [1.29, 1.82) is 0 Å². The van der Waals surface area contributed by atoms with Gasteiger partial charge in [-0.05, 0) is 0 Å². The average molecular weight is 241 g/mol. The van der Waals surface area contributed by atoms with E-state index in [0.29, 0.717) is 17.5 Å². The minimum absolute atomic E-state index is 0.173. The summed E-state index contributed by atoms with van der Waals surface area (Å²) in [6, 6.07) is 1.63. The average Bonchev–Trinajstić information content (AvgIpc) is 2.35. The Morgan fingerprint density at radius 2 is 2.00 bits per heavy atom. The molecule has 0 saturated carbocycles. The molecule has 1 atom stereocenters. The molecular weight excluding hydrogens is 222 g/mol. The van der Waals surface area contributed by atoms with Gasteiger partial charge in [0.05, 0.1) is 12.7 Å². The summed E-state index contributed by atoms with van der Waals surface area (Å²) in [6.07, 6.45) is -0.818. The van der Waals surface area contributed by atoms with Crippen LogP contribution in [0.1, 0.15) is 25.6 Å². The minimum Gasteiger partial charge on any atom is -0.394 e. The Bertz CT molecular complexity index is 359. The summed E-state index contributed by atoms with van der Waals surface area (Å²) in [5, 5.41) is 20.8. The van der Waals surface area contributed by atoms with Gasteiger partial charge < -0.3 is 21.0 Å². The summed E-state index contributed by atoms with van der Waals surface area (Å²) >= 11 is 0. The number of nitrogens with one attached hydrogen (secondary N) is 2. The Morgan fingerprint density at radius 3 is 2.53 bits per heavy atom. The monoisotopic (exact) mass is 241 g/mol. The van der Waals surface area contributed by atoms with E-state index in [0.717, 1.165) is 0 Å². The summed E-state index contributed by atoms with van der Waals surface area (Å²) in [7, 11) is 0. The maximum atomic E-state index is 9.23. The van der Waals surface area contributed by atoms with E-state index in [1.165, 1.54) is 0 Å². The van der Waals surface area contributed by atoms with Crippen molar-refractivity contribution in [1.82, 2.24) is 9.97 Å². The highest BCUT2D eigenvalue weighted by Crippen LogP contribution is 2.16. The number of nitrogens with two attached hydrogens (primary N) is 1. The third-order valence-corrected chi connectivity index (χ3v) is 2.14. The fraction of sp³-hybridized carbons (Fsp3) is 0.600. The lowest BCUT2D eigenvalue weighted by Crippen LogP contribution is -2.24. The van der Waals surface area contributed by atoms with Gasteiger partial charge in [0, 0.05) is 18.5 Å². The second-order valence-corrected chi connectivity index (χ2v) is 4.01. The van der Waals surface area contributed by atoms with Crippen molar-refractivity contribution in [2.24, 2.45) is 5.84 Å². The number of hydrogen-bond donors (Lipinski definition) is 5. The summed E-state index contributed by atoms with van der Waals surface area (Å²) in [4.78, 5) is 8.48. The van der Waals surface area contributed by atoms with Crippen LogP contribution >= 0.6 is 0 Å². The van der Waals surface area contributed by atoms with Crippen LogP contribution in [0.2, 0.25) is 0 Å². The Hall–Kier alpha value is -1.44. The molecule has 0 radical (unpaired) electrons. The van der Waals surface area contributed by atoms with E-state index in [9.17, 15) is 5.11 Å². The lowest BCUT2D eigenvalue weighted by Gasteiger charge is -2.13. The highest BCUT2D eigenvalue weighted by molar-refractivity contribution is 5.47. The van der Waals surface area contributed by atoms with E-state index in [1.807, 2.05) is 13.8 Å². The first-order valence-corrected chi connectivity index (χ1v) is 5.45. The molecule has 0 saturated heterocycles. The number of nitrogen functional groups attached to an aromatic ring is 1. The van der Waals surface area contributed by atoms with Gasteiger partial charge in [-0.25, -0.2) is 15.8 Å². The van der Waals surface area contributed by atoms with Crippen LogP contribution in [0, 0.1) is 0 Å². The molecule has 17 heavy (non-hydrogen) atoms. The van der Waals surface area contributed by atoms with Crippen LogP contribution in [0.15, 0.2) is 6.07 Å². The van der Waals surface area contributed by atoms with Crippen LogP contribution < -0.4 is 16.6 Å². The Balaban J connectivity index is 2.80. The zero-order chi connectivity index (χ0) is 12.8. The van der Waals surface area contributed by atoms with Crippen molar-refractivity contribution < 1.29 is 10.2 Å². The van der Waals surface area contributed by atoms with Gasteiger partial charge in [0.15, 0.2) is 0 Å². The maximum absolute atomic E-state index is 9.23. The van der Waals surface area contributed by atoms with Crippen LogP contribution in [0.4, 0.5) is 11.6 Å². The molecule has 1 aromatic rings. The predicted molar refractivity (Wildman–Crippen MR) is 65.5 cm³/mol. The molecule has 6 N–H and O–H groups in total. The zero-order valence-electron chi connectivity index (χ0n) is 10.0. The van der Waals surface area contributed by atoms with E-state index in [4.69, 9.17) is 10.9 Å². The van der Waals surface area contributed by atoms with Gasteiger partial charge in [-0.15, -0.1) is 0 Å². The highest BCUT2D eigenvalue weighted by atomic mass is 16.3. The van der Waals surface area contributed by atoms with E-state index >= 15 is 0 Å². The molecular formula is C10H19N5O2. The number of aromatic nitrogens is 2. The van der Waals surface area contributed by atoms with E-state index in [1.54, 1.807) is 6.07 Å². The lowest BCUT2D eigenvalue weighted by atomic mass is 10.2. The van der Waals surface area contributed by atoms with Crippen LogP contribution in [0.3, 0.4) is 0 Å². The molecule has 1 rings (SSSR count). The number of hydrogen-bond acceptors (Lipinski definition) is 7. The first-order valence-electron chi connectivity index (χ1n) is 5.45. The molecule has 0 spiro atoms. The maximum Gasteiger partial charge on any atom is 0.145 e. The molecule has 0 aliphatic carbocycles. The van der Waals surface area contributed by atoms with Gasteiger partial charge in [-0.3, -0.25) is 0 Å². The second kappa shape index (κ2) is 6.33. The van der Waals surface area contributed by atoms with Gasteiger partial charge in [0.1, 0.15) is 17.5 Å². The van der Waals surface area contributed by atoms with Crippen LogP contribution in [-0.4, -0.2) is 39.4 Å². The van der Waals surface area contributed by atoms with Gasteiger partial charge in [0.2, 0.25) is 0 Å². The fourth-order valence-electron chi connectivity index (χ4n) is 1.18.